The molecule has 0 unspecified atom stereocenters. The largest absolute Gasteiger partial charge is 0.478 e. The Hall–Kier alpha value is -3.60. The second-order valence-corrected chi connectivity index (χ2v) is 9.82. The van der Waals surface area contributed by atoms with Crippen LogP contribution in [0.15, 0.2) is 41.8 Å². The molecule has 0 bridgehead atoms. The molecule has 0 fully saturated rings. The third-order valence-electron chi connectivity index (χ3n) is 6.03. The number of ether oxygens (including phenoxy) is 1. The van der Waals surface area contributed by atoms with Gasteiger partial charge >= 0.3 is 18.2 Å². The third kappa shape index (κ3) is 5.30. The molecule has 1 aromatic heterocycles. The lowest BCUT2D eigenvalue weighted by Crippen LogP contribution is -2.40. The number of carbonyl (C=O) groups is 2. The van der Waals surface area contributed by atoms with Crippen molar-refractivity contribution in [2.45, 2.75) is 45.5 Å². The minimum atomic E-state index is -4.41. The number of aromatic nitrogens is 1. The molecule has 0 saturated carbocycles. The van der Waals surface area contributed by atoms with E-state index in [0.717, 1.165) is 28.8 Å². The molecule has 1 aliphatic rings. The molecule has 2 N–H and O–H groups in total. The number of benzene rings is 2. The lowest BCUT2D eigenvalue weighted by Gasteiger charge is -2.31. The van der Waals surface area contributed by atoms with Crippen molar-refractivity contribution in [1.29, 1.82) is 0 Å². The standard InChI is InChI=1S/C25H24F3N3O4S/c1-14-18-10-11-31(12-16(18)6-9-20(14)35-24(2,3)21(32)33)23(34)30-22-29-19(13-36-22)15-4-7-17(8-5-15)25(26,27)28/h4-9,13H,10-12H2,1-3H3,(H,32,33)(H,29,30,34). The molecule has 0 radical (unpaired) electrons. The van der Waals surface area contributed by atoms with Gasteiger partial charge < -0.3 is 14.7 Å². The molecule has 4 rings (SSSR count). The van der Waals surface area contributed by atoms with Crippen molar-refractivity contribution < 1.29 is 32.6 Å². The van der Waals surface area contributed by atoms with Gasteiger partial charge in [0.05, 0.1) is 11.3 Å². The fourth-order valence-electron chi connectivity index (χ4n) is 3.89. The van der Waals surface area contributed by atoms with Crippen LogP contribution in [0.5, 0.6) is 5.75 Å². The summed E-state index contributed by atoms with van der Waals surface area (Å²) in [6, 6.07) is 7.92. The SMILES string of the molecule is Cc1c(OC(C)(C)C(=O)O)ccc2c1CCN(C(=O)Nc1nc(-c3ccc(C(F)(F)F)cc3)cs1)C2. The Morgan fingerprint density at radius 2 is 1.83 bits per heavy atom. The van der Waals surface area contributed by atoms with Crippen LogP contribution in [0, 0.1) is 6.92 Å². The number of carbonyl (C=O) groups excluding carboxylic acids is 1. The van der Waals surface area contributed by atoms with E-state index in [2.05, 4.69) is 10.3 Å². The number of nitrogens with zero attached hydrogens (tertiary/aromatic N) is 2. The van der Waals surface area contributed by atoms with Crippen LogP contribution in [0.3, 0.4) is 0 Å². The maximum Gasteiger partial charge on any atom is 0.416 e. The highest BCUT2D eigenvalue weighted by Crippen LogP contribution is 2.33. The fourth-order valence-corrected chi connectivity index (χ4v) is 4.60. The van der Waals surface area contributed by atoms with E-state index in [9.17, 15) is 27.9 Å². The Bertz CT molecular complexity index is 1300. The molecule has 2 heterocycles. The highest BCUT2D eigenvalue weighted by atomic mass is 32.1. The maximum absolute atomic E-state index is 12.9. The number of fused-ring (bicyclic) bond motifs is 1. The van der Waals surface area contributed by atoms with Crippen LogP contribution in [0.2, 0.25) is 0 Å². The number of nitrogens with one attached hydrogen (secondary N) is 1. The van der Waals surface area contributed by atoms with E-state index in [4.69, 9.17) is 4.74 Å². The van der Waals surface area contributed by atoms with Gasteiger partial charge in [-0.15, -0.1) is 11.3 Å². The van der Waals surface area contributed by atoms with Crippen LogP contribution in [-0.4, -0.2) is 39.1 Å². The molecule has 11 heteroatoms. The number of urea groups is 1. The summed E-state index contributed by atoms with van der Waals surface area (Å²) >= 11 is 1.19. The van der Waals surface area contributed by atoms with E-state index in [1.807, 2.05) is 13.0 Å². The van der Waals surface area contributed by atoms with E-state index < -0.39 is 23.3 Å². The van der Waals surface area contributed by atoms with Crippen LogP contribution < -0.4 is 10.1 Å². The van der Waals surface area contributed by atoms with Gasteiger partial charge in [0.2, 0.25) is 0 Å². The van der Waals surface area contributed by atoms with Crippen molar-refractivity contribution in [3.05, 3.63) is 64.0 Å². The number of anilines is 1. The van der Waals surface area contributed by atoms with E-state index in [0.29, 0.717) is 41.6 Å². The van der Waals surface area contributed by atoms with Crippen molar-refractivity contribution in [3.8, 4) is 17.0 Å². The molecule has 3 aromatic rings. The third-order valence-corrected chi connectivity index (χ3v) is 6.79. The molecular weight excluding hydrogens is 495 g/mol. The first-order chi connectivity index (χ1) is 16.8. The molecule has 2 aromatic carbocycles. The summed E-state index contributed by atoms with van der Waals surface area (Å²) in [5.41, 5.74) is 1.71. The van der Waals surface area contributed by atoms with Crippen LogP contribution in [0.25, 0.3) is 11.3 Å². The maximum atomic E-state index is 12.9. The first-order valence-corrected chi connectivity index (χ1v) is 12.0. The highest BCUT2D eigenvalue weighted by molar-refractivity contribution is 7.14. The van der Waals surface area contributed by atoms with Crippen LogP contribution in [0.4, 0.5) is 23.1 Å². The summed E-state index contributed by atoms with van der Waals surface area (Å²) in [5, 5.41) is 14.1. The minimum absolute atomic E-state index is 0.334. The average Bonchev–Trinajstić information content (AvgIpc) is 3.28. The zero-order valence-electron chi connectivity index (χ0n) is 19.8. The van der Waals surface area contributed by atoms with E-state index in [1.165, 1.54) is 37.3 Å². The monoisotopic (exact) mass is 519 g/mol. The number of hydrogen-bond acceptors (Lipinski definition) is 5. The Labute approximate surface area is 209 Å². The second kappa shape index (κ2) is 9.45. The summed E-state index contributed by atoms with van der Waals surface area (Å²) < 4.78 is 44.1. The highest BCUT2D eigenvalue weighted by Gasteiger charge is 2.32. The van der Waals surface area contributed by atoms with E-state index in [-0.39, 0.29) is 6.03 Å². The summed E-state index contributed by atoms with van der Waals surface area (Å²) in [5.74, 6) is -0.566. The molecule has 0 spiro atoms. The van der Waals surface area contributed by atoms with Crippen molar-refractivity contribution >= 4 is 28.5 Å². The van der Waals surface area contributed by atoms with Gasteiger partial charge in [-0.25, -0.2) is 14.6 Å². The van der Waals surface area contributed by atoms with Crippen LogP contribution in [-0.2, 0) is 23.9 Å². The number of hydrogen-bond donors (Lipinski definition) is 2. The lowest BCUT2D eigenvalue weighted by atomic mass is 9.94. The normalized spacial score (nSPS) is 13.8. The van der Waals surface area contributed by atoms with Crippen molar-refractivity contribution in [2.75, 3.05) is 11.9 Å². The second-order valence-electron chi connectivity index (χ2n) is 8.96. The van der Waals surface area contributed by atoms with Gasteiger partial charge in [0.25, 0.3) is 0 Å². The van der Waals surface area contributed by atoms with Gasteiger partial charge in [0.15, 0.2) is 10.7 Å². The van der Waals surface area contributed by atoms with Gasteiger partial charge in [0.1, 0.15) is 5.75 Å². The molecule has 0 aliphatic carbocycles. The first-order valence-electron chi connectivity index (χ1n) is 11.1. The molecule has 0 atom stereocenters. The summed E-state index contributed by atoms with van der Waals surface area (Å²) in [7, 11) is 0. The van der Waals surface area contributed by atoms with Gasteiger partial charge in [-0.1, -0.05) is 18.2 Å². The number of halogens is 3. The van der Waals surface area contributed by atoms with Crippen molar-refractivity contribution in [3.63, 3.8) is 0 Å². The zero-order chi connectivity index (χ0) is 26.3. The average molecular weight is 520 g/mol. The Balaban J connectivity index is 1.42. The number of rotatable bonds is 5. The molecule has 190 valence electrons. The number of alkyl halides is 3. The number of thiazole rings is 1. The topological polar surface area (TPSA) is 91.8 Å². The molecular formula is C25H24F3N3O4S. The van der Waals surface area contributed by atoms with Gasteiger partial charge in [0, 0.05) is 24.0 Å². The molecule has 2 amide bonds. The summed E-state index contributed by atoms with van der Waals surface area (Å²) in [4.78, 5) is 30.2. The summed E-state index contributed by atoms with van der Waals surface area (Å²) in [6.45, 7) is 5.66. The van der Waals surface area contributed by atoms with Crippen molar-refractivity contribution in [2.24, 2.45) is 0 Å². The van der Waals surface area contributed by atoms with Crippen LogP contribution in [0.1, 0.15) is 36.1 Å². The zero-order valence-corrected chi connectivity index (χ0v) is 20.6. The first kappa shape index (κ1) is 25.5. The molecule has 36 heavy (non-hydrogen) atoms. The van der Waals surface area contributed by atoms with Gasteiger partial charge in [-0.3, -0.25) is 5.32 Å². The van der Waals surface area contributed by atoms with E-state index in [1.54, 1.807) is 16.3 Å². The predicted octanol–water partition coefficient (Wildman–Crippen LogP) is 5.97. The number of aliphatic carboxylic acids is 1. The van der Waals surface area contributed by atoms with Gasteiger partial charge in [-0.05, 0) is 62.1 Å². The van der Waals surface area contributed by atoms with Gasteiger partial charge in [-0.2, -0.15) is 13.2 Å². The van der Waals surface area contributed by atoms with E-state index >= 15 is 0 Å². The lowest BCUT2D eigenvalue weighted by molar-refractivity contribution is -0.152. The Morgan fingerprint density at radius 1 is 1.14 bits per heavy atom. The molecule has 0 saturated heterocycles. The fraction of sp³-hybridized carbons (Fsp3) is 0.320. The number of carboxylic acids is 1. The Morgan fingerprint density at radius 3 is 2.47 bits per heavy atom. The minimum Gasteiger partial charge on any atom is -0.478 e. The van der Waals surface area contributed by atoms with Crippen molar-refractivity contribution in [1.82, 2.24) is 9.88 Å². The van der Waals surface area contributed by atoms with Crippen LogP contribution >= 0.6 is 11.3 Å². The molecule has 1 aliphatic heterocycles. The predicted molar refractivity (Wildman–Crippen MR) is 129 cm³/mol. The number of amides is 2. The smallest absolute Gasteiger partial charge is 0.416 e. The summed E-state index contributed by atoms with van der Waals surface area (Å²) in [6.07, 6.45) is -3.83. The quantitative estimate of drug-likeness (QED) is 0.433. The Kier molecular flexibility index (Phi) is 6.70. The number of carboxylic acid groups (broad SMARTS) is 1. The molecule has 7 nitrogen and oxygen atoms in total.